The van der Waals surface area contributed by atoms with Crippen molar-refractivity contribution in [1.82, 2.24) is 0 Å². The first-order chi connectivity index (χ1) is 9.79. The highest BCUT2D eigenvalue weighted by Gasteiger charge is 2.01. The van der Waals surface area contributed by atoms with Crippen molar-refractivity contribution in [3.05, 3.63) is 66.2 Å². The highest BCUT2D eigenvalue weighted by Crippen LogP contribution is 2.15. The molecule has 0 amide bonds. The molecular weight excluding hydrogens is 272 g/mol. The van der Waals surface area contributed by atoms with Gasteiger partial charge in [0.1, 0.15) is 0 Å². The fraction of sp³-hybridized carbons (Fsp3) is 0. The van der Waals surface area contributed by atoms with Crippen LogP contribution in [0.5, 0.6) is 0 Å². The maximum absolute atomic E-state index is 11.3. The maximum atomic E-state index is 11.3. The summed E-state index contributed by atoms with van der Waals surface area (Å²) in [7, 11) is 0. The Morgan fingerprint density at radius 2 is 1.75 bits per heavy atom. The van der Waals surface area contributed by atoms with E-state index in [9.17, 15) is 4.21 Å². The topological polar surface area (TPSA) is 64.7 Å². The van der Waals surface area contributed by atoms with Gasteiger partial charge in [0.05, 0.1) is 10.6 Å². The molecule has 0 radical (unpaired) electrons. The van der Waals surface area contributed by atoms with Gasteiger partial charge in [-0.3, -0.25) is 4.99 Å². The number of nitrogens with zero attached hydrogens (tertiary/aromatic N) is 1. The van der Waals surface area contributed by atoms with E-state index < -0.39 is 11.1 Å². The summed E-state index contributed by atoms with van der Waals surface area (Å²) < 4.78 is 15.5. The van der Waals surface area contributed by atoms with Gasteiger partial charge in [0.25, 0.3) is 0 Å². The Balaban J connectivity index is 1.98. The van der Waals surface area contributed by atoms with E-state index in [4.69, 9.17) is 5.90 Å². The lowest BCUT2D eigenvalue weighted by molar-refractivity contribution is 0.367. The van der Waals surface area contributed by atoms with E-state index in [1.165, 1.54) is 0 Å². The Kier molecular flexibility index (Phi) is 5.37. The van der Waals surface area contributed by atoms with Crippen molar-refractivity contribution in [3.8, 4) is 0 Å². The van der Waals surface area contributed by atoms with Crippen LogP contribution in [-0.4, -0.2) is 10.4 Å². The van der Waals surface area contributed by atoms with Crippen LogP contribution in [0.1, 0.15) is 5.56 Å². The third-order valence-electron chi connectivity index (χ3n) is 2.51. The number of rotatable bonds is 5. The molecule has 1 unspecified atom stereocenters. The van der Waals surface area contributed by atoms with E-state index in [0.717, 1.165) is 11.3 Å². The van der Waals surface area contributed by atoms with Crippen molar-refractivity contribution in [3.63, 3.8) is 0 Å². The molecule has 102 valence electrons. The van der Waals surface area contributed by atoms with Crippen LogP contribution in [0.4, 0.5) is 5.69 Å². The zero-order chi connectivity index (χ0) is 14.2. The average Bonchev–Trinajstić information content (AvgIpc) is 2.52. The number of allylic oxidation sites excluding steroid dienone is 1. The lowest BCUT2D eigenvalue weighted by Crippen LogP contribution is -2.02. The van der Waals surface area contributed by atoms with Gasteiger partial charge in [-0.2, -0.15) is 10.2 Å². The first-order valence-electron chi connectivity index (χ1n) is 5.94. The molecule has 5 heteroatoms. The molecule has 0 aliphatic carbocycles. The minimum atomic E-state index is -1.62. The van der Waals surface area contributed by atoms with Gasteiger partial charge >= 0.3 is 0 Å². The van der Waals surface area contributed by atoms with Crippen molar-refractivity contribution in [1.29, 1.82) is 0 Å². The van der Waals surface area contributed by atoms with Gasteiger partial charge in [-0.1, -0.05) is 36.4 Å². The highest BCUT2D eigenvalue weighted by molar-refractivity contribution is 7.80. The van der Waals surface area contributed by atoms with Gasteiger partial charge < -0.3 is 0 Å². The third-order valence-corrected chi connectivity index (χ3v) is 3.35. The maximum Gasteiger partial charge on any atom is 0.206 e. The fourth-order valence-electron chi connectivity index (χ4n) is 1.55. The van der Waals surface area contributed by atoms with Gasteiger partial charge in [-0.15, -0.1) is 0 Å². The number of hydrogen-bond donors (Lipinski definition) is 1. The molecule has 0 spiro atoms. The number of hydrogen-bond acceptors (Lipinski definition) is 4. The zero-order valence-corrected chi connectivity index (χ0v) is 11.5. The third kappa shape index (κ3) is 4.24. The molecule has 0 fully saturated rings. The molecule has 2 aromatic rings. The van der Waals surface area contributed by atoms with Crippen LogP contribution >= 0.6 is 0 Å². The summed E-state index contributed by atoms with van der Waals surface area (Å²) in [6.07, 6.45) is 5.54. The Hall–Kier alpha value is -2.08. The molecule has 0 aromatic heterocycles. The molecular formula is C15H14N2O2S. The molecule has 0 aliphatic rings. The Morgan fingerprint density at radius 3 is 2.40 bits per heavy atom. The second-order valence-corrected chi connectivity index (χ2v) is 5.01. The lowest BCUT2D eigenvalue weighted by atomic mass is 10.2. The number of aliphatic imine (C=N–C) groups is 1. The van der Waals surface area contributed by atoms with E-state index in [1.54, 1.807) is 30.5 Å². The number of nitrogens with two attached hydrogens (primary N) is 1. The van der Waals surface area contributed by atoms with Gasteiger partial charge in [-0.25, -0.2) is 4.21 Å². The molecule has 0 saturated carbocycles. The molecule has 2 aromatic carbocycles. The highest BCUT2D eigenvalue weighted by atomic mass is 32.2. The Labute approximate surface area is 120 Å². The van der Waals surface area contributed by atoms with Crippen molar-refractivity contribution < 1.29 is 8.49 Å². The first kappa shape index (κ1) is 14.3. The summed E-state index contributed by atoms with van der Waals surface area (Å²) >= 11 is -1.62. The Bertz CT molecular complexity index is 622. The molecule has 0 bridgehead atoms. The largest absolute Gasteiger partial charge is 0.257 e. The van der Waals surface area contributed by atoms with Crippen LogP contribution in [0.2, 0.25) is 0 Å². The normalized spacial score (nSPS) is 13.1. The average molecular weight is 286 g/mol. The van der Waals surface area contributed by atoms with Gasteiger partial charge in [-0.05, 0) is 35.9 Å². The van der Waals surface area contributed by atoms with Crippen molar-refractivity contribution in [2.45, 2.75) is 4.90 Å². The van der Waals surface area contributed by atoms with Gasteiger partial charge in [0.15, 0.2) is 0 Å². The van der Waals surface area contributed by atoms with Crippen LogP contribution in [0.3, 0.4) is 0 Å². The second-order valence-electron chi connectivity index (χ2n) is 3.87. The van der Waals surface area contributed by atoms with Crippen LogP contribution in [0.15, 0.2) is 70.6 Å². The summed E-state index contributed by atoms with van der Waals surface area (Å²) in [5.74, 6) is 4.86. The predicted molar refractivity (Wildman–Crippen MR) is 81.8 cm³/mol. The molecule has 2 N–H and O–H groups in total. The van der Waals surface area contributed by atoms with Gasteiger partial charge in [0.2, 0.25) is 11.1 Å². The minimum Gasteiger partial charge on any atom is -0.257 e. The summed E-state index contributed by atoms with van der Waals surface area (Å²) in [6.45, 7) is 0. The van der Waals surface area contributed by atoms with Crippen LogP contribution in [0, 0.1) is 0 Å². The van der Waals surface area contributed by atoms with Crippen molar-refractivity contribution in [2.75, 3.05) is 0 Å². The van der Waals surface area contributed by atoms with Crippen LogP contribution in [-0.2, 0) is 15.4 Å². The number of benzene rings is 2. The summed E-state index contributed by atoms with van der Waals surface area (Å²) in [4.78, 5) is 4.77. The molecule has 1 atom stereocenters. The second kappa shape index (κ2) is 7.49. The van der Waals surface area contributed by atoms with Crippen molar-refractivity contribution in [2.24, 2.45) is 10.9 Å². The van der Waals surface area contributed by atoms with E-state index in [2.05, 4.69) is 9.28 Å². The van der Waals surface area contributed by atoms with E-state index in [1.807, 2.05) is 42.5 Å². The molecule has 4 nitrogen and oxygen atoms in total. The molecule has 2 rings (SSSR count). The summed E-state index contributed by atoms with van der Waals surface area (Å²) in [6, 6.07) is 16.8. The van der Waals surface area contributed by atoms with Crippen LogP contribution < -0.4 is 5.90 Å². The zero-order valence-electron chi connectivity index (χ0n) is 10.7. The minimum absolute atomic E-state index is 0.506. The Morgan fingerprint density at radius 1 is 1.05 bits per heavy atom. The van der Waals surface area contributed by atoms with E-state index in [0.29, 0.717) is 4.90 Å². The van der Waals surface area contributed by atoms with E-state index >= 15 is 0 Å². The first-order valence-corrected chi connectivity index (χ1v) is 7.02. The smallest absolute Gasteiger partial charge is 0.206 e. The lowest BCUT2D eigenvalue weighted by Gasteiger charge is -1.98. The quantitative estimate of drug-likeness (QED) is 0.678. The predicted octanol–water partition coefficient (Wildman–Crippen LogP) is 3.02. The standard InChI is InChI=1S/C15H14N2O2S/c16-19-20(18)15-10-8-14(9-11-15)17-12-4-7-13-5-2-1-3-6-13/h1-12H,16H2/b7-4+,17-12?. The van der Waals surface area contributed by atoms with E-state index in [-0.39, 0.29) is 0 Å². The summed E-state index contributed by atoms with van der Waals surface area (Å²) in [5, 5.41) is 0. The molecule has 0 aliphatic heterocycles. The van der Waals surface area contributed by atoms with Gasteiger partial charge in [0, 0.05) is 6.21 Å². The molecule has 20 heavy (non-hydrogen) atoms. The monoisotopic (exact) mass is 286 g/mol. The molecule has 0 heterocycles. The summed E-state index contributed by atoms with van der Waals surface area (Å²) in [5.41, 5.74) is 1.88. The molecule has 0 saturated heterocycles. The van der Waals surface area contributed by atoms with Crippen molar-refractivity contribution >= 4 is 29.1 Å². The fourth-order valence-corrected chi connectivity index (χ4v) is 2.02. The van der Waals surface area contributed by atoms with Crippen LogP contribution in [0.25, 0.3) is 6.08 Å². The SMILES string of the molecule is NOS(=O)c1ccc(N=C/C=C/c2ccccc2)cc1.